The molecule has 0 saturated heterocycles. The van der Waals surface area contributed by atoms with E-state index in [-0.39, 0.29) is 24.0 Å². The number of halogens is 1. The molecule has 0 bridgehead atoms. The summed E-state index contributed by atoms with van der Waals surface area (Å²) in [4.78, 5) is 10.9. The van der Waals surface area contributed by atoms with E-state index in [0.29, 0.717) is 24.5 Å². The molecule has 1 aromatic heterocycles. The van der Waals surface area contributed by atoms with Crippen molar-refractivity contribution in [3.8, 4) is 5.88 Å². The lowest BCUT2D eigenvalue weighted by Crippen LogP contribution is -2.41. The smallest absolute Gasteiger partial charge is 0.213 e. The Bertz CT molecular complexity index is 500. The van der Waals surface area contributed by atoms with Crippen LogP contribution in [0.4, 0.5) is 0 Å². The van der Waals surface area contributed by atoms with Gasteiger partial charge in [-0.05, 0) is 45.7 Å². The van der Waals surface area contributed by atoms with Gasteiger partial charge in [0.25, 0.3) is 0 Å². The fraction of sp³-hybridized carbons (Fsp3) is 0.667. The van der Waals surface area contributed by atoms with E-state index in [1.54, 1.807) is 20.4 Å². The number of nitrogens with one attached hydrogen (secondary N) is 2. The van der Waals surface area contributed by atoms with Crippen LogP contribution < -0.4 is 15.4 Å². The molecule has 2 N–H and O–H groups in total. The summed E-state index contributed by atoms with van der Waals surface area (Å²) in [6.07, 6.45) is 2.83. The van der Waals surface area contributed by atoms with Crippen molar-refractivity contribution < 1.29 is 4.74 Å². The first-order chi connectivity index (χ1) is 11.5. The second kappa shape index (κ2) is 13.2. The fourth-order valence-corrected chi connectivity index (χ4v) is 2.66. The molecule has 1 aromatic rings. The summed E-state index contributed by atoms with van der Waals surface area (Å²) >= 11 is 0. The highest BCUT2D eigenvalue weighted by atomic mass is 127. The molecule has 144 valence electrons. The van der Waals surface area contributed by atoms with Gasteiger partial charge in [-0.25, -0.2) is 4.98 Å². The van der Waals surface area contributed by atoms with Crippen LogP contribution in [0.25, 0.3) is 0 Å². The lowest BCUT2D eigenvalue weighted by Gasteiger charge is -2.30. The van der Waals surface area contributed by atoms with Gasteiger partial charge in [-0.1, -0.05) is 0 Å². The van der Waals surface area contributed by atoms with Crippen molar-refractivity contribution in [1.82, 2.24) is 20.5 Å². The molecule has 0 aliphatic heterocycles. The first kappa shape index (κ1) is 23.9. The Balaban J connectivity index is 0.00000576. The first-order valence-corrected chi connectivity index (χ1v) is 8.67. The van der Waals surface area contributed by atoms with Gasteiger partial charge in [0.15, 0.2) is 5.96 Å². The van der Waals surface area contributed by atoms with Gasteiger partial charge in [0.05, 0.1) is 7.11 Å². The molecule has 25 heavy (non-hydrogen) atoms. The molecule has 0 aliphatic carbocycles. The van der Waals surface area contributed by atoms with Gasteiger partial charge in [-0.3, -0.25) is 9.89 Å². The van der Waals surface area contributed by atoms with Gasteiger partial charge < -0.3 is 15.4 Å². The minimum absolute atomic E-state index is 0. The van der Waals surface area contributed by atoms with Crippen molar-refractivity contribution >= 4 is 29.9 Å². The van der Waals surface area contributed by atoms with Gasteiger partial charge in [0, 0.05) is 51.0 Å². The van der Waals surface area contributed by atoms with Crippen molar-refractivity contribution in [2.75, 3.05) is 27.2 Å². The largest absolute Gasteiger partial charge is 0.481 e. The number of rotatable bonds is 9. The summed E-state index contributed by atoms with van der Waals surface area (Å²) in [6.45, 7) is 11.7. The van der Waals surface area contributed by atoms with Crippen LogP contribution in [0, 0.1) is 0 Å². The van der Waals surface area contributed by atoms with E-state index in [4.69, 9.17) is 4.74 Å². The molecule has 0 unspecified atom stereocenters. The Kier molecular flexibility index (Phi) is 12.6. The second-order valence-electron chi connectivity index (χ2n) is 6.34. The van der Waals surface area contributed by atoms with Crippen molar-refractivity contribution in [2.45, 2.75) is 52.7 Å². The molecule has 6 nitrogen and oxygen atoms in total. The number of pyridine rings is 1. The summed E-state index contributed by atoms with van der Waals surface area (Å²) in [5.74, 6) is 1.44. The van der Waals surface area contributed by atoms with Gasteiger partial charge in [0.2, 0.25) is 5.88 Å². The lowest BCUT2D eigenvalue weighted by atomic mass is 10.2. The first-order valence-electron chi connectivity index (χ1n) is 8.67. The third kappa shape index (κ3) is 9.25. The lowest BCUT2D eigenvalue weighted by molar-refractivity contribution is 0.173. The van der Waals surface area contributed by atoms with E-state index in [0.717, 1.165) is 31.0 Å². The van der Waals surface area contributed by atoms with E-state index in [1.807, 2.05) is 12.1 Å². The molecule has 1 heterocycles. The molecule has 0 amide bonds. The topological polar surface area (TPSA) is 61.8 Å². The fourth-order valence-electron chi connectivity index (χ4n) is 2.66. The molecule has 0 saturated carbocycles. The molecule has 0 atom stereocenters. The summed E-state index contributed by atoms with van der Waals surface area (Å²) in [6, 6.07) is 5.03. The number of methoxy groups -OCH3 is 1. The summed E-state index contributed by atoms with van der Waals surface area (Å²) in [5, 5.41) is 6.68. The van der Waals surface area contributed by atoms with Crippen molar-refractivity contribution in [3.63, 3.8) is 0 Å². The zero-order valence-corrected chi connectivity index (χ0v) is 18.7. The van der Waals surface area contributed by atoms with Crippen LogP contribution in [-0.4, -0.2) is 55.2 Å². The second-order valence-corrected chi connectivity index (χ2v) is 6.34. The van der Waals surface area contributed by atoms with Crippen LogP contribution in [0.2, 0.25) is 0 Å². The summed E-state index contributed by atoms with van der Waals surface area (Å²) < 4.78 is 5.14. The van der Waals surface area contributed by atoms with Crippen molar-refractivity contribution in [1.29, 1.82) is 0 Å². The predicted molar refractivity (Wildman–Crippen MR) is 116 cm³/mol. The predicted octanol–water partition coefficient (Wildman–Crippen LogP) is 2.88. The third-order valence-electron chi connectivity index (χ3n) is 3.90. The highest BCUT2D eigenvalue weighted by Gasteiger charge is 2.12. The average molecular weight is 463 g/mol. The van der Waals surface area contributed by atoms with Crippen LogP contribution in [0.5, 0.6) is 5.88 Å². The van der Waals surface area contributed by atoms with Crippen molar-refractivity contribution in [2.24, 2.45) is 4.99 Å². The van der Waals surface area contributed by atoms with Gasteiger partial charge >= 0.3 is 0 Å². The minimum atomic E-state index is 0. The SMILES string of the molecule is CN=C(NCCCN(C(C)C)C(C)C)NCc1ccnc(OC)c1.I. The number of nitrogens with zero attached hydrogens (tertiary/aromatic N) is 3. The molecule has 0 aromatic carbocycles. The molecule has 0 radical (unpaired) electrons. The number of guanidine groups is 1. The molecule has 0 fully saturated rings. The zero-order valence-electron chi connectivity index (χ0n) is 16.4. The highest BCUT2D eigenvalue weighted by molar-refractivity contribution is 14.0. The monoisotopic (exact) mass is 463 g/mol. The number of aromatic nitrogens is 1. The van der Waals surface area contributed by atoms with Crippen LogP contribution in [0.15, 0.2) is 23.3 Å². The Hall–Kier alpha value is -1.09. The van der Waals surface area contributed by atoms with E-state index in [9.17, 15) is 0 Å². The van der Waals surface area contributed by atoms with Gasteiger partial charge in [-0.2, -0.15) is 0 Å². The van der Waals surface area contributed by atoms with Gasteiger partial charge in [0.1, 0.15) is 0 Å². The summed E-state index contributed by atoms with van der Waals surface area (Å²) in [7, 11) is 3.41. The number of ether oxygens (including phenoxy) is 1. The Morgan fingerprint density at radius 1 is 1.24 bits per heavy atom. The van der Waals surface area contributed by atoms with Crippen molar-refractivity contribution in [3.05, 3.63) is 23.9 Å². The minimum Gasteiger partial charge on any atom is -0.481 e. The average Bonchev–Trinajstić information content (AvgIpc) is 2.56. The molecule has 1 rings (SSSR count). The normalized spacial score (nSPS) is 11.6. The van der Waals surface area contributed by atoms with E-state index < -0.39 is 0 Å². The van der Waals surface area contributed by atoms with Crippen LogP contribution in [0.1, 0.15) is 39.7 Å². The maximum absolute atomic E-state index is 5.14. The molecular formula is C18H34IN5O. The highest BCUT2D eigenvalue weighted by Crippen LogP contribution is 2.08. The quantitative estimate of drug-likeness (QED) is 0.255. The van der Waals surface area contributed by atoms with Crippen LogP contribution >= 0.6 is 24.0 Å². The molecule has 0 spiro atoms. The molecule has 0 aliphatic rings. The van der Waals surface area contributed by atoms with E-state index in [2.05, 4.69) is 53.2 Å². The maximum Gasteiger partial charge on any atom is 0.213 e. The molecule has 7 heteroatoms. The van der Waals surface area contributed by atoms with Crippen LogP contribution in [-0.2, 0) is 6.54 Å². The van der Waals surface area contributed by atoms with E-state index >= 15 is 0 Å². The Morgan fingerprint density at radius 2 is 1.92 bits per heavy atom. The Labute approximate surface area is 169 Å². The number of hydrogen-bond donors (Lipinski definition) is 2. The number of aliphatic imine (C=N–C) groups is 1. The van der Waals surface area contributed by atoms with E-state index in [1.165, 1.54) is 0 Å². The van der Waals surface area contributed by atoms with Gasteiger partial charge in [-0.15, -0.1) is 24.0 Å². The van der Waals surface area contributed by atoms with Crippen LogP contribution in [0.3, 0.4) is 0 Å². The Morgan fingerprint density at radius 3 is 2.48 bits per heavy atom. The third-order valence-corrected chi connectivity index (χ3v) is 3.90. The zero-order chi connectivity index (χ0) is 17.9. The molecular weight excluding hydrogens is 429 g/mol. The summed E-state index contributed by atoms with van der Waals surface area (Å²) in [5.41, 5.74) is 1.11. The standard InChI is InChI=1S/C18H33N5O.HI/c1-14(2)23(15(3)4)11-7-9-21-18(19-5)22-13-16-8-10-20-17(12-16)24-6;/h8,10,12,14-15H,7,9,11,13H2,1-6H3,(H2,19,21,22);1H. The maximum atomic E-state index is 5.14. The number of hydrogen-bond acceptors (Lipinski definition) is 4.